The van der Waals surface area contributed by atoms with Gasteiger partial charge in [0.15, 0.2) is 11.2 Å². The Balaban J connectivity index is 0.000000556. The summed E-state index contributed by atoms with van der Waals surface area (Å²) in [4.78, 5) is 43.4. The van der Waals surface area contributed by atoms with Gasteiger partial charge in [0, 0.05) is 47.3 Å². The second kappa shape index (κ2) is 10.4. The Morgan fingerprint density at radius 1 is 1.08 bits per heavy atom. The Bertz CT molecular complexity index is 1520. The van der Waals surface area contributed by atoms with Crippen molar-refractivity contribution in [3.63, 3.8) is 0 Å². The first-order valence-electron chi connectivity index (χ1n) is 12.0. The van der Waals surface area contributed by atoms with Crippen molar-refractivity contribution in [2.75, 3.05) is 32.1 Å². The molecule has 10 nitrogen and oxygen atoms in total. The molecule has 4 aromatic rings. The predicted octanol–water partition coefficient (Wildman–Crippen LogP) is 1.27. The number of benzene rings is 2. The fourth-order valence-corrected chi connectivity index (χ4v) is 4.54. The molecule has 3 heterocycles. The van der Waals surface area contributed by atoms with Gasteiger partial charge in [0.05, 0.1) is 6.54 Å². The highest BCUT2D eigenvalue weighted by molar-refractivity contribution is 5.83. The Labute approximate surface area is 209 Å². The van der Waals surface area contributed by atoms with Gasteiger partial charge in [-0.1, -0.05) is 36.4 Å². The van der Waals surface area contributed by atoms with E-state index in [0.717, 1.165) is 41.3 Å². The van der Waals surface area contributed by atoms with E-state index in [1.807, 2.05) is 16.7 Å². The van der Waals surface area contributed by atoms with Crippen LogP contribution in [0.2, 0.25) is 0 Å². The van der Waals surface area contributed by atoms with Crippen molar-refractivity contribution in [2.24, 2.45) is 19.8 Å². The van der Waals surface area contributed by atoms with Crippen LogP contribution >= 0.6 is 0 Å². The highest BCUT2D eigenvalue weighted by Crippen LogP contribution is 2.25. The summed E-state index contributed by atoms with van der Waals surface area (Å²) < 4.78 is 4.53. The molecule has 0 saturated carbocycles. The van der Waals surface area contributed by atoms with E-state index in [1.165, 1.54) is 21.9 Å². The molecule has 1 unspecified atom stereocenters. The highest BCUT2D eigenvalue weighted by Gasteiger charge is 2.26. The minimum Gasteiger partial charge on any atom is -0.351 e. The number of imidazole rings is 1. The van der Waals surface area contributed by atoms with Crippen LogP contribution in [0, 0.1) is 0 Å². The monoisotopic (exact) mass is 491 g/mol. The summed E-state index contributed by atoms with van der Waals surface area (Å²) in [6.45, 7) is 1.98. The molecule has 5 rings (SSSR count). The van der Waals surface area contributed by atoms with E-state index in [0.29, 0.717) is 30.2 Å². The summed E-state index contributed by atoms with van der Waals surface area (Å²) in [5.74, 6) is 0.691. The summed E-state index contributed by atoms with van der Waals surface area (Å²) in [5, 5.41) is 2.31. The van der Waals surface area contributed by atoms with Gasteiger partial charge in [0.1, 0.15) is 0 Å². The van der Waals surface area contributed by atoms with E-state index in [-0.39, 0.29) is 17.3 Å². The van der Waals surface area contributed by atoms with Crippen LogP contribution in [0.1, 0.15) is 18.4 Å². The van der Waals surface area contributed by atoms with Gasteiger partial charge in [-0.05, 0) is 35.2 Å². The van der Waals surface area contributed by atoms with E-state index < -0.39 is 0 Å². The molecule has 36 heavy (non-hydrogen) atoms. The average Bonchev–Trinajstić information content (AvgIpc) is 3.25. The van der Waals surface area contributed by atoms with E-state index >= 15 is 0 Å². The first kappa shape index (κ1) is 25.2. The Hall–Kier alpha value is -3.92. The summed E-state index contributed by atoms with van der Waals surface area (Å²) >= 11 is 0. The standard InChI is InChI=1S/C23H26N6O2.C3H7NO/c1-26-20-19(21(30)27(2)23(26)31)29(22(25-20)28-11-5-8-18(24)14-28)13-15-9-10-16-6-3-4-7-17(16)12-15;1-4(2)3-5/h3-4,6-7,9-10,12,18H,5,8,11,13-14,24H2,1-2H3;3H,1-2H3. The van der Waals surface area contributed by atoms with Crippen LogP contribution < -0.4 is 21.9 Å². The number of anilines is 1. The lowest BCUT2D eigenvalue weighted by molar-refractivity contribution is -0.115. The van der Waals surface area contributed by atoms with Gasteiger partial charge in [-0.25, -0.2) is 4.79 Å². The zero-order chi connectivity index (χ0) is 26.0. The van der Waals surface area contributed by atoms with Crippen molar-refractivity contribution in [1.29, 1.82) is 0 Å². The number of piperidine rings is 1. The van der Waals surface area contributed by atoms with Crippen LogP contribution in [-0.2, 0) is 25.4 Å². The van der Waals surface area contributed by atoms with Crippen molar-refractivity contribution < 1.29 is 4.79 Å². The van der Waals surface area contributed by atoms with Crippen LogP contribution in [0.5, 0.6) is 0 Å². The number of hydrogen-bond donors (Lipinski definition) is 1. The lowest BCUT2D eigenvalue weighted by atomic mass is 10.1. The Kier molecular flexibility index (Phi) is 7.25. The number of aryl methyl sites for hydroxylation is 1. The number of hydrogen-bond acceptors (Lipinski definition) is 6. The smallest absolute Gasteiger partial charge is 0.332 e. The molecule has 2 N–H and O–H groups in total. The molecule has 1 fully saturated rings. The Morgan fingerprint density at radius 3 is 2.44 bits per heavy atom. The van der Waals surface area contributed by atoms with E-state index in [1.54, 1.807) is 21.1 Å². The van der Waals surface area contributed by atoms with Crippen LogP contribution in [0.15, 0.2) is 52.1 Å². The van der Waals surface area contributed by atoms with Gasteiger partial charge in [-0.15, -0.1) is 0 Å². The lowest BCUT2D eigenvalue weighted by Crippen LogP contribution is -2.44. The fourth-order valence-electron chi connectivity index (χ4n) is 4.54. The summed E-state index contributed by atoms with van der Waals surface area (Å²) in [6, 6.07) is 14.6. The number of carbonyl (C=O) groups excluding carboxylic acids is 1. The zero-order valence-corrected chi connectivity index (χ0v) is 21.2. The molecule has 0 aliphatic carbocycles. The van der Waals surface area contributed by atoms with E-state index in [4.69, 9.17) is 10.7 Å². The number of amides is 1. The molecule has 1 amide bonds. The Morgan fingerprint density at radius 2 is 1.78 bits per heavy atom. The van der Waals surface area contributed by atoms with Crippen molar-refractivity contribution in [3.8, 4) is 0 Å². The summed E-state index contributed by atoms with van der Waals surface area (Å²) in [6.07, 6.45) is 2.69. The highest BCUT2D eigenvalue weighted by atomic mass is 16.2. The number of aromatic nitrogens is 4. The third kappa shape index (κ3) is 4.90. The van der Waals surface area contributed by atoms with Crippen LogP contribution in [0.3, 0.4) is 0 Å². The maximum Gasteiger partial charge on any atom is 0.332 e. The molecule has 2 aromatic carbocycles. The van der Waals surface area contributed by atoms with Crippen LogP contribution in [0.4, 0.5) is 5.95 Å². The first-order chi connectivity index (χ1) is 17.2. The van der Waals surface area contributed by atoms with Crippen LogP contribution in [0.25, 0.3) is 21.9 Å². The third-order valence-electron chi connectivity index (χ3n) is 6.43. The molecular weight excluding hydrogens is 458 g/mol. The number of nitrogens with zero attached hydrogens (tertiary/aromatic N) is 6. The van der Waals surface area contributed by atoms with Gasteiger partial charge in [0.2, 0.25) is 12.4 Å². The number of rotatable bonds is 4. The van der Waals surface area contributed by atoms with Crippen molar-refractivity contribution in [3.05, 3.63) is 68.9 Å². The van der Waals surface area contributed by atoms with Gasteiger partial charge < -0.3 is 15.5 Å². The topological polar surface area (TPSA) is 111 Å². The molecule has 190 valence electrons. The van der Waals surface area contributed by atoms with Crippen molar-refractivity contribution in [2.45, 2.75) is 25.4 Å². The molecule has 2 aromatic heterocycles. The molecule has 0 bridgehead atoms. The molecule has 1 aliphatic heterocycles. The van der Waals surface area contributed by atoms with Gasteiger partial charge in [-0.3, -0.25) is 23.3 Å². The molecule has 1 aliphatic rings. The van der Waals surface area contributed by atoms with Crippen LogP contribution in [-0.4, -0.2) is 63.2 Å². The molecule has 1 saturated heterocycles. The predicted molar refractivity (Wildman–Crippen MR) is 142 cm³/mol. The zero-order valence-electron chi connectivity index (χ0n) is 21.2. The maximum absolute atomic E-state index is 13.1. The van der Waals surface area contributed by atoms with E-state index in [9.17, 15) is 14.4 Å². The summed E-state index contributed by atoms with van der Waals surface area (Å²) in [5.41, 5.74) is 7.42. The lowest BCUT2D eigenvalue weighted by Gasteiger charge is -2.31. The number of carbonyl (C=O) groups is 1. The quantitative estimate of drug-likeness (QED) is 0.431. The molecular formula is C26H33N7O3. The fraction of sp³-hybridized carbons (Fsp3) is 0.385. The second-order valence-corrected chi connectivity index (χ2v) is 9.47. The normalized spacial score (nSPS) is 15.6. The van der Waals surface area contributed by atoms with Gasteiger partial charge in [0.25, 0.3) is 5.56 Å². The van der Waals surface area contributed by atoms with E-state index in [2.05, 4.69) is 35.2 Å². The largest absolute Gasteiger partial charge is 0.351 e. The maximum atomic E-state index is 13.1. The minimum atomic E-state index is -0.380. The SMILES string of the molecule is CN(C)C=O.Cn1c(=O)c2c(nc(N3CCCC(N)C3)n2Cc2ccc3ccccc3c2)n(C)c1=O. The van der Waals surface area contributed by atoms with Crippen molar-refractivity contribution >= 4 is 34.3 Å². The average molecular weight is 492 g/mol. The van der Waals surface area contributed by atoms with Gasteiger partial charge in [-0.2, -0.15) is 4.98 Å². The number of nitrogens with two attached hydrogens (primary N) is 1. The third-order valence-corrected chi connectivity index (χ3v) is 6.43. The number of fused-ring (bicyclic) bond motifs is 2. The molecule has 10 heteroatoms. The molecule has 0 radical (unpaired) electrons. The second-order valence-electron chi connectivity index (χ2n) is 9.47. The molecule has 1 atom stereocenters. The summed E-state index contributed by atoms with van der Waals surface area (Å²) in [7, 11) is 6.54. The van der Waals surface area contributed by atoms with Gasteiger partial charge >= 0.3 is 5.69 Å². The minimum absolute atomic E-state index is 0.0642. The first-order valence-corrected chi connectivity index (χ1v) is 12.0. The van der Waals surface area contributed by atoms with Crippen molar-refractivity contribution in [1.82, 2.24) is 23.6 Å². The molecule has 0 spiro atoms.